The van der Waals surface area contributed by atoms with E-state index in [9.17, 15) is 10.2 Å². The van der Waals surface area contributed by atoms with Gasteiger partial charge in [0.1, 0.15) is 29.6 Å². The Morgan fingerprint density at radius 3 is 2.54 bits per heavy atom. The quantitative estimate of drug-likeness (QED) is 0.459. The van der Waals surface area contributed by atoms with Crippen LogP contribution in [0.15, 0.2) is 66.7 Å². The maximum absolute atomic E-state index is 10.1. The van der Waals surface area contributed by atoms with Crippen LogP contribution in [-0.4, -0.2) is 40.9 Å². The van der Waals surface area contributed by atoms with Crippen molar-refractivity contribution in [3.05, 3.63) is 83.4 Å². The van der Waals surface area contributed by atoms with Gasteiger partial charge < -0.3 is 25.4 Å². The van der Waals surface area contributed by atoms with Crippen molar-refractivity contribution in [1.82, 2.24) is 4.90 Å². The zero-order valence-corrected chi connectivity index (χ0v) is 20.1. The number of ether oxygens (including phenoxy) is 2. The van der Waals surface area contributed by atoms with Crippen LogP contribution < -0.4 is 15.2 Å². The van der Waals surface area contributed by atoms with Crippen LogP contribution >= 0.6 is 0 Å². The minimum atomic E-state index is -0.479. The molecular weight excluding hydrogens is 440 g/mol. The van der Waals surface area contributed by atoms with Crippen molar-refractivity contribution in [2.24, 2.45) is 11.7 Å². The summed E-state index contributed by atoms with van der Waals surface area (Å²) in [7, 11) is 0. The highest BCUT2D eigenvalue weighted by Crippen LogP contribution is 2.46. The molecule has 182 valence electrons. The van der Waals surface area contributed by atoms with Crippen LogP contribution in [0, 0.1) is 5.92 Å². The molecule has 0 amide bonds. The molecule has 4 N–H and O–H groups in total. The van der Waals surface area contributed by atoms with Gasteiger partial charge in [0.25, 0.3) is 0 Å². The summed E-state index contributed by atoms with van der Waals surface area (Å²) in [6.07, 6.45) is 0.773. The van der Waals surface area contributed by atoms with Crippen LogP contribution in [-0.2, 0) is 0 Å². The average molecular weight is 473 g/mol. The third-order valence-corrected chi connectivity index (χ3v) is 6.96. The number of hydrogen-bond donors (Lipinski definition) is 3. The van der Waals surface area contributed by atoms with Gasteiger partial charge in [0.15, 0.2) is 6.10 Å². The first-order valence-electron chi connectivity index (χ1n) is 12.1. The molecule has 2 aliphatic heterocycles. The van der Waals surface area contributed by atoms with Crippen molar-refractivity contribution in [1.29, 1.82) is 0 Å². The van der Waals surface area contributed by atoms with Crippen molar-refractivity contribution in [2.75, 3.05) is 19.7 Å². The Morgan fingerprint density at radius 2 is 1.83 bits per heavy atom. The molecule has 1 unspecified atom stereocenters. The molecule has 1 saturated heterocycles. The number of aromatic hydroxyl groups is 2. The summed E-state index contributed by atoms with van der Waals surface area (Å²) >= 11 is 0. The molecule has 0 bridgehead atoms. The SMILES string of the molecule is C[C@@H]1CCN([C@@H](C)COc2ccc(C3Oc4ccc(O)cc4C(N)=C3c3cccc(O)c3)cc2)C1. The zero-order valence-electron chi connectivity index (χ0n) is 20.1. The Bertz CT molecular complexity index is 1240. The van der Waals surface area contributed by atoms with Gasteiger partial charge in [-0.3, -0.25) is 4.90 Å². The lowest BCUT2D eigenvalue weighted by Crippen LogP contribution is -2.35. The molecule has 0 spiro atoms. The first-order chi connectivity index (χ1) is 16.9. The Morgan fingerprint density at radius 1 is 1.06 bits per heavy atom. The molecule has 0 aliphatic carbocycles. The van der Waals surface area contributed by atoms with Gasteiger partial charge in [-0.15, -0.1) is 0 Å². The van der Waals surface area contributed by atoms with E-state index in [0.29, 0.717) is 29.7 Å². The van der Waals surface area contributed by atoms with Crippen LogP contribution in [0.5, 0.6) is 23.0 Å². The number of phenols is 2. The summed E-state index contributed by atoms with van der Waals surface area (Å²) in [6, 6.07) is 20.1. The number of phenolic OH excluding ortho intramolecular Hbond substituents is 2. The monoisotopic (exact) mass is 472 g/mol. The van der Waals surface area contributed by atoms with Gasteiger partial charge in [0.05, 0.1) is 5.70 Å². The molecule has 6 heteroatoms. The van der Waals surface area contributed by atoms with E-state index in [-0.39, 0.29) is 11.5 Å². The fraction of sp³-hybridized carbons (Fsp3) is 0.310. The molecule has 5 rings (SSSR count). The topological polar surface area (TPSA) is 88.2 Å². The molecule has 2 heterocycles. The number of rotatable bonds is 6. The summed E-state index contributed by atoms with van der Waals surface area (Å²) in [6.45, 7) is 7.42. The fourth-order valence-corrected chi connectivity index (χ4v) is 4.95. The van der Waals surface area contributed by atoms with Crippen molar-refractivity contribution in [3.8, 4) is 23.0 Å². The van der Waals surface area contributed by atoms with Crippen LogP contribution in [0.3, 0.4) is 0 Å². The molecule has 0 saturated carbocycles. The lowest BCUT2D eigenvalue weighted by molar-refractivity contribution is 0.169. The molecule has 3 aromatic rings. The third kappa shape index (κ3) is 4.80. The van der Waals surface area contributed by atoms with Gasteiger partial charge in [-0.25, -0.2) is 0 Å². The summed E-state index contributed by atoms with van der Waals surface area (Å²) < 4.78 is 12.5. The normalized spacial score (nSPS) is 20.9. The van der Waals surface area contributed by atoms with E-state index in [1.807, 2.05) is 30.3 Å². The Hall–Kier alpha value is -3.64. The van der Waals surface area contributed by atoms with E-state index in [0.717, 1.165) is 41.5 Å². The van der Waals surface area contributed by atoms with E-state index < -0.39 is 6.10 Å². The van der Waals surface area contributed by atoms with Gasteiger partial charge in [-0.05, 0) is 79.4 Å². The van der Waals surface area contributed by atoms with Crippen molar-refractivity contribution in [3.63, 3.8) is 0 Å². The Balaban J connectivity index is 1.41. The van der Waals surface area contributed by atoms with E-state index >= 15 is 0 Å². The van der Waals surface area contributed by atoms with Gasteiger partial charge in [-0.2, -0.15) is 0 Å². The second kappa shape index (κ2) is 9.55. The first-order valence-corrected chi connectivity index (χ1v) is 12.1. The van der Waals surface area contributed by atoms with Gasteiger partial charge in [0, 0.05) is 23.7 Å². The van der Waals surface area contributed by atoms with Gasteiger partial charge >= 0.3 is 0 Å². The zero-order chi connectivity index (χ0) is 24.5. The van der Waals surface area contributed by atoms with Crippen LogP contribution in [0.2, 0.25) is 0 Å². The highest BCUT2D eigenvalue weighted by atomic mass is 16.5. The van der Waals surface area contributed by atoms with Crippen molar-refractivity contribution in [2.45, 2.75) is 32.4 Å². The lowest BCUT2D eigenvalue weighted by atomic mass is 9.88. The Labute approximate surface area is 206 Å². The maximum atomic E-state index is 10.1. The summed E-state index contributed by atoms with van der Waals surface area (Å²) in [5.41, 5.74) is 10.2. The number of benzene rings is 3. The summed E-state index contributed by atoms with van der Waals surface area (Å²) in [5, 5.41) is 20.1. The van der Waals surface area contributed by atoms with E-state index in [1.165, 1.54) is 6.42 Å². The highest BCUT2D eigenvalue weighted by Gasteiger charge is 2.30. The molecule has 3 atom stereocenters. The summed E-state index contributed by atoms with van der Waals surface area (Å²) in [5.74, 6) is 2.42. The second-order valence-electron chi connectivity index (χ2n) is 9.67. The number of likely N-dealkylation sites (tertiary alicyclic amines) is 1. The van der Waals surface area contributed by atoms with E-state index in [1.54, 1.807) is 36.4 Å². The van der Waals surface area contributed by atoms with E-state index in [2.05, 4.69) is 18.7 Å². The van der Waals surface area contributed by atoms with Crippen LogP contribution in [0.4, 0.5) is 0 Å². The first kappa shape index (κ1) is 23.1. The highest BCUT2D eigenvalue weighted by molar-refractivity contribution is 5.95. The van der Waals surface area contributed by atoms with Gasteiger partial charge in [-0.1, -0.05) is 31.2 Å². The summed E-state index contributed by atoms with van der Waals surface area (Å²) in [4.78, 5) is 2.49. The predicted molar refractivity (Wildman–Crippen MR) is 137 cm³/mol. The minimum Gasteiger partial charge on any atom is -0.508 e. The molecule has 2 aliphatic rings. The standard InChI is InChI=1S/C29H32N2O4/c1-18-12-13-31(16-18)19(2)17-34-24-9-6-20(7-10-24)29-27(21-4-3-5-22(32)14-21)28(30)25-15-23(33)8-11-26(25)35-29/h3-11,14-15,18-19,29,32-33H,12-13,16-17,30H2,1-2H3/t18-,19+,29?/m1/s1. The lowest BCUT2D eigenvalue weighted by Gasteiger charge is -2.31. The van der Waals surface area contributed by atoms with Crippen molar-refractivity contribution >= 4 is 11.3 Å². The third-order valence-electron chi connectivity index (χ3n) is 6.96. The number of nitrogens with zero attached hydrogens (tertiary/aromatic N) is 1. The smallest absolute Gasteiger partial charge is 0.151 e. The number of nitrogens with two attached hydrogens (primary N) is 1. The molecule has 6 nitrogen and oxygen atoms in total. The predicted octanol–water partition coefficient (Wildman–Crippen LogP) is 5.17. The molecule has 3 aromatic carbocycles. The maximum Gasteiger partial charge on any atom is 0.151 e. The fourth-order valence-electron chi connectivity index (χ4n) is 4.95. The number of fused-ring (bicyclic) bond motifs is 1. The van der Waals surface area contributed by atoms with Gasteiger partial charge in [0.2, 0.25) is 0 Å². The molecule has 0 aromatic heterocycles. The molecular formula is C29H32N2O4. The average Bonchev–Trinajstić information content (AvgIpc) is 3.29. The van der Waals surface area contributed by atoms with Crippen LogP contribution in [0.25, 0.3) is 11.3 Å². The van der Waals surface area contributed by atoms with Crippen LogP contribution in [0.1, 0.15) is 43.1 Å². The molecule has 1 fully saturated rings. The number of hydrogen-bond acceptors (Lipinski definition) is 6. The second-order valence-corrected chi connectivity index (χ2v) is 9.67. The van der Waals surface area contributed by atoms with E-state index in [4.69, 9.17) is 15.2 Å². The minimum absolute atomic E-state index is 0.114. The van der Waals surface area contributed by atoms with Crippen molar-refractivity contribution < 1.29 is 19.7 Å². The largest absolute Gasteiger partial charge is 0.508 e. The Kier molecular flexibility index (Phi) is 6.31. The molecule has 35 heavy (non-hydrogen) atoms. The molecule has 0 radical (unpaired) electrons.